The topological polar surface area (TPSA) is 49.1 Å². The van der Waals surface area contributed by atoms with E-state index < -0.39 is 6.36 Å². The SMILES string of the molecule is CN(Cc1ccccc1OC(F)(F)F)c1ccc(C#N)cn1. The van der Waals surface area contributed by atoms with Crippen molar-refractivity contribution < 1.29 is 17.9 Å². The number of ether oxygens (including phenoxy) is 1. The summed E-state index contributed by atoms with van der Waals surface area (Å²) in [5.74, 6) is 0.302. The van der Waals surface area contributed by atoms with Crippen LogP contribution in [0.25, 0.3) is 0 Å². The molecule has 1 heterocycles. The van der Waals surface area contributed by atoms with E-state index in [0.717, 1.165) is 0 Å². The molecule has 0 atom stereocenters. The Balaban J connectivity index is 2.17. The van der Waals surface area contributed by atoms with E-state index >= 15 is 0 Å². The summed E-state index contributed by atoms with van der Waals surface area (Å²) in [6.07, 6.45) is -3.33. The Hall–Kier alpha value is -2.75. The van der Waals surface area contributed by atoms with Gasteiger partial charge in [0.15, 0.2) is 0 Å². The number of benzene rings is 1. The Bertz CT molecular complexity index is 678. The number of anilines is 1. The number of para-hydroxylation sites is 1. The van der Waals surface area contributed by atoms with Gasteiger partial charge in [-0.15, -0.1) is 13.2 Å². The first-order valence-electron chi connectivity index (χ1n) is 6.30. The van der Waals surface area contributed by atoms with Crippen LogP contribution in [0.1, 0.15) is 11.1 Å². The van der Waals surface area contributed by atoms with Crippen LogP contribution >= 0.6 is 0 Å². The Labute approximate surface area is 125 Å². The minimum Gasteiger partial charge on any atom is -0.405 e. The summed E-state index contributed by atoms with van der Waals surface area (Å²) >= 11 is 0. The Kier molecular flexibility index (Phi) is 4.51. The van der Waals surface area contributed by atoms with E-state index in [1.807, 2.05) is 6.07 Å². The fraction of sp³-hybridized carbons (Fsp3) is 0.200. The molecule has 0 saturated carbocycles. The quantitative estimate of drug-likeness (QED) is 0.867. The Morgan fingerprint density at radius 3 is 2.55 bits per heavy atom. The maximum absolute atomic E-state index is 12.4. The summed E-state index contributed by atoms with van der Waals surface area (Å²) < 4.78 is 41.2. The predicted octanol–water partition coefficient (Wildman–Crippen LogP) is 3.49. The Morgan fingerprint density at radius 1 is 1.23 bits per heavy atom. The zero-order valence-electron chi connectivity index (χ0n) is 11.6. The summed E-state index contributed by atoms with van der Waals surface area (Å²) in [7, 11) is 1.69. The van der Waals surface area contributed by atoms with Crippen LogP contribution in [0, 0.1) is 11.3 Å². The van der Waals surface area contributed by atoms with Crippen LogP contribution in [0.3, 0.4) is 0 Å². The molecule has 2 rings (SSSR count). The van der Waals surface area contributed by atoms with Crippen LogP contribution in [-0.4, -0.2) is 18.4 Å². The number of pyridine rings is 1. The number of halogens is 3. The van der Waals surface area contributed by atoms with Crippen molar-refractivity contribution in [1.82, 2.24) is 4.98 Å². The van der Waals surface area contributed by atoms with Gasteiger partial charge in [0.25, 0.3) is 0 Å². The van der Waals surface area contributed by atoms with E-state index in [-0.39, 0.29) is 12.3 Å². The van der Waals surface area contributed by atoms with Crippen LogP contribution in [0.2, 0.25) is 0 Å². The summed E-state index contributed by atoms with van der Waals surface area (Å²) in [6.45, 7) is 0.186. The molecular formula is C15H12F3N3O. The molecule has 114 valence electrons. The first-order chi connectivity index (χ1) is 10.4. The van der Waals surface area contributed by atoms with Gasteiger partial charge < -0.3 is 9.64 Å². The molecule has 1 aromatic heterocycles. The molecule has 0 bridgehead atoms. The average Bonchev–Trinajstić information content (AvgIpc) is 2.48. The molecule has 0 aliphatic heterocycles. The fourth-order valence-corrected chi connectivity index (χ4v) is 1.87. The lowest BCUT2D eigenvalue weighted by atomic mass is 10.2. The van der Waals surface area contributed by atoms with E-state index in [4.69, 9.17) is 5.26 Å². The van der Waals surface area contributed by atoms with Gasteiger partial charge in [-0.3, -0.25) is 0 Å². The summed E-state index contributed by atoms with van der Waals surface area (Å²) in [4.78, 5) is 5.76. The summed E-state index contributed by atoms with van der Waals surface area (Å²) in [6, 6.07) is 11.1. The monoisotopic (exact) mass is 307 g/mol. The second-order valence-electron chi connectivity index (χ2n) is 4.53. The van der Waals surface area contributed by atoms with Gasteiger partial charge in [0.2, 0.25) is 0 Å². The molecule has 0 unspecified atom stereocenters. The lowest BCUT2D eigenvalue weighted by Gasteiger charge is -2.20. The van der Waals surface area contributed by atoms with E-state index in [1.165, 1.54) is 18.3 Å². The lowest BCUT2D eigenvalue weighted by molar-refractivity contribution is -0.274. The average molecular weight is 307 g/mol. The molecule has 0 N–H and O–H groups in total. The van der Waals surface area contributed by atoms with Gasteiger partial charge in [-0.2, -0.15) is 5.26 Å². The number of nitrogens with zero attached hydrogens (tertiary/aromatic N) is 3. The van der Waals surface area contributed by atoms with Crippen LogP contribution in [0.4, 0.5) is 19.0 Å². The number of aromatic nitrogens is 1. The number of rotatable bonds is 4. The largest absolute Gasteiger partial charge is 0.573 e. The standard InChI is InChI=1S/C15H12F3N3O/c1-21(14-7-6-11(8-19)9-20-14)10-12-4-2-3-5-13(12)22-15(16,17)18/h2-7,9H,10H2,1H3. The van der Waals surface area contributed by atoms with Gasteiger partial charge in [-0.1, -0.05) is 18.2 Å². The predicted molar refractivity (Wildman–Crippen MR) is 74.2 cm³/mol. The van der Waals surface area contributed by atoms with Gasteiger partial charge >= 0.3 is 6.36 Å². The van der Waals surface area contributed by atoms with Crippen molar-refractivity contribution in [1.29, 1.82) is 5.26 Å². The molecule has 0 amide bonds. The molecular weight excluding hydrogens is 295 g/mol. The summed E-state index contributed by atoms with van der Waals surface area (Å²) in [5, 5.41) is 8.72. The van der Waals surface area contributed by atoms with Gasteiger partial charge in [0, 0.05) is 25.4 Å². The number of nitriles is 1. The van der Waals surface area contributed by atoms with E-state index in [2.05, 4.69) is 9.72 Å². The van der Waals surface area contributed by atoms with Gasteiger partial charge in [0.05, 0.1) is 5.56 Å². The van der Waals surface area contributed by atoms with Crippen LogP contribution in [-0.2, 0) is 6.54 Å². The highest BCUT2D eigenvalue weighted by molar-refractivity contribution is 5.44. The molecule has 0 aliphatic rings. The second kappa shape index (κ2) is 6.35. The molecule has 0 aliphatic carbocycles. The van der Waals surface area contributed by atoms with Gasteiger partial charge in [0.1, 0.15) is 17.6 Å². The van der Waals surface area contributed by atoms with Crippen LogP contribution in [0.15, 0.2) is 42.6 Å². The second-order valence-corrected chi connectivity index (χ2v) is 4.53. The normalized spacial score (nSPS) is 10.9. The summed E-state index contributed by atoms with van der Waals surface area (Å²) in [5.41, 5.74) is 0.798. The molecule has 7 heteroatoms. The van der Waals surface area contributed by atoms with Crippen LogP contribution < -0.4 is 9.64 Å². The lowest BCUT2D eigenvalue weighted by Crippen LogP contribution is -2.21. The number of hydrogen-bond donors (Lipinski definition) is 0. The van der Waals surface area contributed by atoms with Crippen molar-refractivity contribution in [3.63, 3.8) is 0 Å². The van der Waals surface area contributed by atoms with Crippen molar-refractivity contribution in [2.45, 2.75) is 12.9 Å². The smallest absolute Gasteiger partial charge is 0.405 e. The first-order valence-corrected chi connectivity index (χ1v) is 6.30. The fourth-order valence-electron chi connectivity index (χ4n) is 1.87. The molecule has 22 heavy (non-hydrogen) atoms. The van der Waals surface area contributed by atoms with Gasteiger partial charge in [-0.05, 0) is 18.2 Å². The maximum atomic E-state index is 12.4. The highest BCUT2D eigenvalue weighted by Gasteiger charge is 2.32. The zero-order valence-corrected chi connectivity index (χ0v) is 11.6. The third kappa shape index (κ3) is 4.12. The molecule has 1 aromatic carbocycles. The van der Waals surface area contributed by atoms with E-state index in [9.17, 15) is 13.2 Å². The molecule has 2 aromatic rings. The van der Waals surface area contributed by atoms with E-state index in [1.54, 1.807) is 36.2 Å². The minimum atomic E-state index is -4.73. The molecule has 0 fully saturated rings. The first kappa shape index (κ1) is 15.6. The molecule has 0 spiro atoms. The third-order valence-corrected chi connectivity index (χ3v) is 2.87. The van der Waals surface area contributed by atoms with Gasteiger partial charge in [-0.25, -0.2) is 4.98 Å². The Morgan fingerprint density at radius 2 is 1.95 bits per heavy atom. The van der Waals surface area contributed by atoms with Crippen molar-refractivity contribution in [2.75, 3.05) is 11.9 Å². The maximum Gasteiger partial charge on any atom is 0.573 e. The minimum absolute atomic E-state index is 0.186. The van der Waals surface area contributed by atoms with Crippen molar-refractivity contribution in [3.05, 3.63) is 53.7 Å². The molecule has 4 nitrogen and oxygen atoms in total. The van der Waals surface area contributed by atoms with Crippen molar-refractivity contribution >= 4 is 5.82 Å². The van der Waals surface area contributed by atoms with Crippen molar-refractivity contribution in [2.24, 2.45) is 0 Å². The zero-order chi connectivity index (χ0) is 16.2. The van der Waals surface area contributed by atoms with Crippen molar-refractivity contribution in [3.8, 4) is 11.8 Å². The van der Waals surface area contributed by atoms with E-state index in [0.29, 0.717) is 16.9 Å². The molecule has 0 saturated heterocycles. The highest BCUT2D eigenvalue weighted by Crippen LogP contribution is 2.27. The third-order valence-electron chi connectivity index (χ3n) is 2.87. The molecule has 0 radical (unpaired) electrons. The highest BCUT2D eigenvalue weighted by atomic mass is 19.4. The number of hydrogen-bond acceptors (Lipinski definition) is 4. The van der Waals surface area contributed by atoms with Crippen LogP contribution in [0.5, 0.6) is 5.75 Å². The number of alkyl halides is 3.